The van der Waals surface area contributed by atoms with E-state index in [9.17, 15) is 19.2 Å². The normalized spacial score (nSPS) is 14.7. The summed E-state index contributed by atoms with van der Waals surface area (Å²) in [5.41, 5.74) is 0.721. The summed E-state index contributed by atoms with van der Waals surface area (Å²) in [6.07, 6.45) is 0.0632. The summed E-state index contributed by atoms with van der Waals surface area (Å²) in [5, 5.41) is 5.78. The van der Waals surface area contributed by atoms with Crippen LogP contribution < -0.4 is 10.6 Å². The molecule has 0 fully saturated rings. The molecule has 0 spiro atoms. The molecule has 9 heteroatoms. The maximum Gasteiger partial charge on any atom is 0.408 e. The maximum atomic E-state index is 14.8. The Morgan fingerprint density at radius 1 is 0.809 bits per heavy atom. The number of aryl methyl sites for hydroxylation is 2. The Labute approximate surface area is 282 Å². The average molecular weight is 652 g/mol. The molecule has 0 aliphatic rings. The number of hydrogen-bond donors (Lipinski definition) is 2. The van der Waals surface area contributed by atoms with Crippen LogP contribution in [0.15, 0.2) is 48.5 Å². The van der Waals surface area contributed by atoms with Crippen LogP contribution in [-0.2, 0) is 30.3 Å². The third-order valence-corrected chi connectivity index (χ3v) is 7.64. The van der Waals surface area contributed by atoms with E-state index in [4.69, 9.17) is 9.47 Å². The molecule has 4 unspecified atom stereocenters. The van der Waals surface area contributed by atoms with Gasteiger partial charge in [0.2, 0.25) is 11.8 Å². The lowest BCUT2D eigenvalue weighted by molar-refractivity contribution is -0.159. The molecule has 0 aliphatic carbocycles. The lowest BCUT2D eigenvalue weighted by atomic mass is 9.89. The first-order valence-corrected chi connectivity index (χ1v) is 16.5. The van der Waals surface area contributed by atoms with Crippen LogP contribution in [0.2, 0.25) is 0 Å². The zero-order valence-corrected chi connectivity index (χ0v) is 30.7. The summed E-state index contributed by atoms with van der Waals surface area (Å²) in [6.45, 7) is 23.8. The van der Waals surface area contributed by atoms with Crippen molar-refractivity contribution in [3.05, 3.63) is 70.8 Å². The zero-order chi connectivity index (χ0) is 35.9. The number of alkyl carbamates (subject to hydrolysis) is 1. The molecule has 260 valence electrons. The molecule has 0 aliphatic heterocycles. The third kappa shape index (κ3) is 12.0. The van der Waals surface area contributed by atoms with E-state index in [1.807, 2.05) is 97.0 Å². The van der Waals surface area contributed by atoms with Crippen molar-refractivity contribution in [3.63, 3.8) is 0 Å². The van der Waals surface area contributed by atoms with Gasteiger partial charge in [0.1, 0.15) is 29.3 Å². The summed E-state index contributed by atoms with van der Waals surface area (Å²) in [6, 6.07) is 12.0. The van der Waals surface area contributed by atoms with Crippen LogP contribution in [0.4, 0.5) is 4.79 Å². The predicted molar refractivity (Wildman–Crippen MR) is 186 cm³/mol. The summed E-state index contributed by atoms with van der Waals surface area (Å²) in [7, 11) is 0. The molecule has 47 heavy (non-hydrogen) atoms. The first kappa shape index (κ1) is 39.3. The van der Waals surface area contributed by atoms with Gasteiger partial charge in [0, 0.05) is 12.0 Å². The highest BCUT2D eigenvalue weighted by Gasteiger charge is 2.44. The summed E-state index contributed by atoms with van der Waals surface area (Å²) in [4.78, 5) is 57.6. The molecule has 2 aromatic rings. The van der Waals surface area contributed by atoms with Gasteiger partial charge in [0.05, 0.1) is 0 Å². The molecule has 0 radical (unpaired) electrons. The number of benzene rings is 2. The SMILES string of the molecule is CCC(C)C(NC(=O)OC(C)(C)C)C(=O)N(C(C(=O)NC(Cc1ccccc1)C(=O)OC(C)(C)C)c1cc(C)ccc1C)C(C)(C)C. The van der Waals surface area contributed by atoms with Crippen LogP contribution in [0.25, 0.3) is 0 Å². The number of carbonyl (C=O) groups is 4. The van der Waals surface area contributed by atoms with Gasteiger partial charge in [-0.1, -0.05) is 74.4 Å². The molecule has 0 bridgehead atoms. The highest BCUT2D eigenvalue weighted by molar-refractivity contribution is 5.94. The fraction of sp³-hybridized carbons (Fsp3) is 0.579. The average Bonchev–Trinajstić information content (AvgIpc) is 2.92. The number of esters is 1. The smallest absolute Gasteiger partial charge is 0.408 e. The summed E-state index contributed by atoms with van der Waals surface area (Å²) >= 11 is 0. The van der Waals surface area contributed by atoms with E-state index in [-0.39, 0.29) is 12.3 Å². The largest absolute Gasteiger partial charge is 0.458 e. The van der Waals surface area contributed by atoms with Crippen LogP contribution >= 0.6 is 0 Å². The Balaban J connectivity index is 2.73. The fourth-order valence-corrected chi connectivity index (χ4v) is 5.23. The Morgan fingerprint density at radius 2 is 1.38 bits per heavy atom. The molecule has 0 aromatic heterocycles. The van der Waals surface area contributed by atoms with Crippen molar-refractivity contribution >= 4 is 23.9 Å². The number of rotatable bonds is 11. The molecule has 0 heterocycles. The molecular weight excluding hydrogens is 594 g/mol. The second-order valence-corrected chi connectivity index (χ2v) is 15.4. The second kappa shape index (κ2) is 15.8. The number of hydrogen-bond acceptors (Lipinski definition) is 6. The van der Waals surface area contributed by atoms with Crippen LogP contribution in [0, 0.1) is 19.8 Å². The second-order valence-electron chi connectivity index (χ2n) is 15.4. The first-order valence-electron chi connectivity index (χ1n) is 16.5. The monoisotopic (exact) mass is 651 g/mol. The minimum absolute atomic E-state index is 0.195. The van der Waals surface area contributed by atoms with Crippen LogP contribution in [0.5, 0.6) is 0 Å². The zero-order valence-electron chi connectivity index (χ0n) is 30.7. The van der Waals surface area contributed by atoms with Crippen molar-refractivity contribution in [2.45, 2.75) is 138 Å². The van der Waals surface area contributed by atoms with Crippen molar-refractivity contribution in [1.29, 1.82) is 0 Å². The minimum Gasteiger partial charge on any atom is -0.458 e. The number of nitrogens with zero attached hydrogens (tertiary/aromatic N) is 1. The number of nitrogens with one attached hydrogen (secondary N) is 2. The lowest BCUT2D eigenvalue weighted by Gasteiger charge is -2.44. The van der Waals surface area contributed by atoms with Crippen molar-refractivity contribution in [2.24, 2.45) is 5.92 Å². The lowest BCUT2D eigenvalue weighted by Crippen LogP contribution is -2.61. The van der Waals surface area contributed by atoms with Crippen LogP contribution in [0.1, 0.15) is 111 Å². The first-order chi connectivity index (χ1) is 21.5. The Morgan fingerprint density at radius 3 is 1.89 bits per heavy atom. The third-order valence-electron chi connectivity index (χ3n) is 7.64. The molecule has 9 nitrogen and oxygen atoms in total. The number of amides is 3. The Hall–Kier alpha value is -3.88. The van der Waals surface area contributed by atoms with E-state index in [2.05, 4.69) is 10.6 Å². The number of ether oxygens (including phenoxy) is 2. The van der Waals surface area contributed by atoms with Crippen LogP contribution in [-0.4, -0.2) is 57.6 Å². The van der Waals surface area contributed by atoms with Crippen molar-refractivity contribution in [1.82, 2.24) is 15.5 Å². The number of carbonyl (C=O) groups excluding carboxylic acids is 4. The van der Waals surface area contributed by atoms with Crippen molar-refractivity contribution in [2.75, 3.05) is 0 Å². The topological polar surface area (TPSA) is 114 Å². The van der Waals surface area contributed by atoms with E-state index in [1.54, 1.807) is 41.5 Å². The van der Waals surface area contributed by atoms with Gasteiger partial charge in [-0.15, -0.1) is 0 Å². The molecule has 0 saturated carbocycles. The standard InChI is InChI=1S/C38H57N3O6/c1-14-25(3)30(40-35(45)47-38(11,12)13)33(43)41(36(5,6)7)31(28-22-24(2)20-21-26(28)4)32(42)39-29(34(44)46-37(8,9)10)23-27-18-16-15-17-19-27/h15-22,25,29-31H,14,23H2,1-13H3,(H,39,42)(H,40,45). The molecule has 2 N–H and O–H groups in total. The maximum absolute atomic E-state index is 14.8. The van der Waals surface area contributed by atoms with Crippen molar-refractivity contribution < 1.29 is 28.7 Å². The van der Waals surface area contributed by atoms with Gasteiger partial charge in [-0.05, 0) is 98.8 Å². The quantitative estimate of drug-likeness (QED) is 0.254. The molecular formula is C38H57N3O6. The van der Waals surface area contributed by atoms with Gasteiger partial charge in [0.25, 0.3) is 0 Å². The summed E-state index contributed by atoms with van der Waals surface area (Å²) in [5.74, 6) is -1.83. The molecule has 2 rings (SSSR count). The summed E-state index contributed by atoms with van der Waals surface area (Å²) < 4.78 is 11.3. The van der Waals surface area contributed by atoms with E-state index in [0.29, 0.717) is 12.0 Å². The highest BCUT2D eigenvalue weighted by Crippen LogP contribution is 2.33. The van der Waals surface area contributed by atoms with E-state index >= 15 is 0 Å². The highest BCUT2D eigenvalue weighted by atomic mass is 16.6. The minimum atomic E-state index is -1.14. The van der Waals surface area contributed by atoms with Gasteiger partial charge in [-0.25, -0.2) is 9.59 Å². The van der Waals surface area contributed by atoms with Crippen molar-refractivity contribution in [3.8, 4) is 0 Å². The van der Waals surface area contributed by atoms with Gasteiger partial charge in [0.15, 0.2) is 0 Å². The fourth-order valence-electron chi connectivity index (χ4n) is 5.23. The Kier molecular flexibility index (Phi) is 13.2. The van der Waals surface area contributed by atoms with Gasteiger partial charge in [-0.2, -0.15) is 0 Å². The molecule has 3 amide bonds. The van der Waals surface area contributed by atoms with Crippen LogP contribution in [0.3, 0.4) is 0 Å². The van der Waals surface area contributed by atoms with E-state index in [0.717, 1.165) is 16.7 Å². The van der Waals surface area contributed by atoms with E-state index in [1.165, 1.54) is 4.90 Å². The van der Waals surface area contributed by atoms with Gasteiger partial charge >= 0.3 is 12.1 Å². The molecule has 0 saturated heterocycles. The molecule has 4 atom stereocenters. The van der Waals surface area contributed by atoms with Gasteiger partial charge in [-0.3, -0.25) is 9.59 Å². The Bertz CT molecular complexity index is 1380. The molecule has 2 aromatic carbocycles. The van der Waals surface area contributed by atoms with Gasteiger partial charge < -0.3 is 25.0 Å². The predicted octanol–water partition coefficient (Wildman–Crippen LogP) is 6.98. The van der Waals surface area contributed by atoms with E-state index < -0.39 is 58.7 Å².